The number of fused-ring (bicyclic) bond motifs is 2. The number of nitrogens with one attached hydrogen (secondary N) is 3. The number of hydrogen-bond acceptors (Lipinski definition) is 15. The SMILES string of the molecule is C=C1CCC(N2C(=O)c3cccc(NCCOCCOCCOCCOCCC(=O)N4CCC(N(C)c5ccc6c(n5)c(-c5cncnc5)cn6-c5c(F)ccc(NS(=O)(=O)CCC)c5F)CC4)c3C2=O)C(=O)N1. The van der Waals surface area contributed by atoms with Gasteiger partial charge in [0.05, 0.1) is 92.9 Å². The number of sulfonamides is 1. The minimum absolute atomic E-state index is 0.00354. The number of likely N-dealkylation sites (tertiary alicyclic amines) is 1. The Kier molecular flexibility index (Phi) is 17.6. The molecule has 5 aromatic rings. The fourth-order valence-electron chi connectivity index (χ4n) is 9.22. The van der Waals surface area contributed by atoms with E-state index in [-0.39, 0.29) is 47.5 Å². The van der Waals surface area contributed by atoms with Crippen molar-refractivity contribution < 1.29 is 55.3 Å². The molecule has 8 rings (SSSR count). The van der Waals surface area contributed by atoms with E-state index in [0.717, 1.165) is 17.0 Å². The third-order valence-corrected chi connectivity index (χ3v) is 14.5. The van der Waals surface area contributed by atoms with Gasteiger partial charge in [0, 0.05) is 73.8 Å². The highest BCUT2D eigenvalue weighted by molar-refractivity contribution is 7.92. The molecule has 394 valence electrons. The summed E-state index contributed by atoms with van der Waals surface area (Å²) in [5.74, 6) is -3.00. The van der Waals surface area contributed by atoms with E-state index in [2.05, 4.69) is 31.9 Å². The van der Waals surface area contributed by atoms with Gasteiger partial charge in [0.1, 0.15) is 29.7 Å². The molecule has 0 saturated carbocycles. The third kappa shape index (κ3) is 12.4. The van der Waals surface area contributed by atoms with E-state index in [1.165, 1.54) is 17.1 Å². The lowest BCUT2D eigenvalue weighted by Gasteiger charge is -2.37. The number of amides is 4. The van der Waals surface area contributed by atoms with Gasteiger partial charge in [-0.15, -0.1) is 0 Å². The van der Waals surface area contributed by atoms with Crippen LogP contribution in [0.1, 0.15) is 66.2 Å². The molecular formula is C51H60F2N10O10S. The van der Waals surface area contributed by atoms with Gasteiger partial charge in [-0.2, -0.15) is 0 Å². The van der Waals surface area contributed by atoms with E-state index in [4.69, 9.17) is 23.9 Å². The largest absolute Gasteiger partial charge is 0.382 e. The predicted octanol–water partition coefficient (Wildman–Crippen LogP) is 5.30. The maximum absolute atomic E-state index is 16.1. The van der Waals surface area contributed by atoms with Gasteiger partial charge in [-0.25, -0.2) is 32.2 Å². The van der Waals surface area contributed by atoms with Crippen molar-refractivity contribution in [1.82, 2.24) is 34.6 Å². The smallest absolute Gasteiger partial charge is 0.264 e. The summed E-state index contributed by atoms with van der Waals surface area (Å²) < 4.78 is 82.7. The molecular weight excluding hydrogens is 983 g/mol. The highest BCUT2D eigenvalue weighted by atomic mass is 32.2. The number of aromatic nitrogens is 4. The highest BCUT2D eigenvalue weighted by Gasteiger charge is 2.45. The minimum Gasteiger partial charge on any atom is -0.382 e. The molecule has 3 aromatic heterocycles. The van der Waals surface area contributed by atoms with Crippen LogP contribution in [0.15, 0.2) is 79.7 Å². The fourth-order valence-corrected chi connectivity index (χ4v) is 10.4. The molecule has 0 spiro atoms. The molecule has 20 nitrogen and oxygen atoms in total. The first-order valence-corrected chi connectivity index (χ1v) is 26.2. The van der Waals surface area contributed by atoms with Crippen molar-refractivity contribution in [3.05, 3.63) is 102 Å². The first-order chi connectivity index (χ1) is 35.8. The Morgan fingerprint density at radius 3 is 2.24 bits per heavy atom. The van der Waals surface area contributed by atoms with Crippen LogP contribution in [-0.2, 0) is 38.6 Å². The van der Waals surface area contributed by atoms with Gasteiger partial charge in [0.15, 0.2) is 5.82 Å². The molecule has 74 heavy (non-hydrogen) atoms. The first kappa shape index (κ1) is 53.4. The number of piperidine rings is 2. The normalized spacial score (nSPS) is 16.2. The summed E-state index contributed by atoms with van der Waals surface area (Å²) in [5, 5.41) is 5.80. The van der Waals surface area contributed by atoms with Crippen molar-refractivity contribution in [2.75, 3.05) is 100 Å². The number of rotatable bonds is 25. The van der Waals surface area contributed by atoms with E-state index in [1.54, 1.807) is 49.6 Å². The molecule has 6 heterocycles. The van der Waals surface area contributed by atoms with Crippen molar-refractivity contribution in [3.8, 4) is 16.8 Å². The van der Waals surface area contributed by atoms with E-state index in [1.807, 2.05) is 16.8 Å². The standard InChI is InChI=1S/C51H60F2N10O10S/c1-4-28-74(68,69)59-40-10-9-38(52)48(46(40)53)62-31-37(34-29-54-32-55-30-34)47-41(62)12-13-43(58-47)60(3)35-14-18-61(19-15-35)44(64)16-20-70-22-24-72-26-27-73-25-23-71-21-17-56-39-7-5-6-36-45(39)51(67)63(50(36)66)42-11-8-33(2)57-49(42)65/h5-7,9-10,12-13,29-32,35,42,56,59H,2,4,8,11,14-28H2,1,3H3,(H,57,65). The molecule has 2 fully saturated rings. The van der Waals surface area contributed by atoms with E-state index >= 15 is 8.78 Å². The Bertz CT molecular complexity index is 2970. The van der Waals surface area contributed by atoms with E-state index in [0.29, 0.717) is 137 Å². The summed E-state index contributed by atoms with van der Waals surface area (Å²) in [6.07, 6.45) is 8.78. The van der Waals surface area contributed by atoms with Gasteiger partial charge in [-0.1, -0.05) is 19.6 Å². The molecule has 3 N–H and O–H groups in total. The summed E-state index contributed by atoms with van der Waals surface area (Å²) >= 11 is 0. The lowest BCUT2D eigenvalue weighted by molar-refractivity contribution is -0.133. The van der Waals surface area contributed by atoms with Crippen molar-refractivity contribution >= 4 is 61.9 Å². The Labute approximate surface area is 427 Å². The number of allylic oxidation sites excluding steroid dienone is 1. The van der Waals surface area contributed by atoms with Crippen LogP contribution in [0, 0.1) is 11.6 Å². The van der Waals surface area contributed by atoms with Crippen LogP contribution < -0.4 is 20.3 Å². The van der Waals surface area contributed by atoms with Crippen LogP contribution in [0.25, 0.3) is 27.8 Å². The number of ether oxygens (including phenoxy) is 4. The van der Waals surface area contributed by atoms with E-state index in [9.17, 15) is 27.6 Å². The van der Waals surface area contributed by atoms with Crippen LogP contribution in [0.4, 0.5) is 26.0 Å². The topological polar surface area (TPSA) is 229 Å². The Hall–Kier alpha value is -6.92. The minimum atomic E-state index is -3.87. The molecule has 1 unspecified atom stereocenters. The third-order valence-electron chi connectivity index (χ3n) is 13.0. The maximum Gasteiger partial charge on any atom is 0.264 e. The molecule has 2 aromatic carbocycles. The van der Waals surface area contributed by atoms with Crippen LogP contribution in [-0.4, -0.2) is 159 Å². The first-order valence-electron chi connectivity index (χ1n) is 24.6. The van der Waals surface area contributed by atoms with Gasteiger partial charge in [-0.05, 0) is 68.5 Å². The second-order valence-corrected chi connectivity index (χ2v) is 19.8. The van der Waals surface area contributed by atoms with Gasteiger partial charge in [-0.3, -0.25) is 28.8 Å². The average molecular weight is 1040 g/mol. The Morgan fingerprint density at radius 1 is 0.865 bits per heavy atom. The second-order valence-electron chi connectivity index (χ2n) is 18.0. The van der Waals surface area contributed by atoms with E-state index < -0.39 is 51.1 Å². The van der Waals surface area contributed by atoms with Gasteiger partial charge in [0.2, 0.25) is 21.8 Å². The Balaban J connectivity index is 0.710. The average Bonchev–Trinajstić information content (AvgIpc) is 3.89. The van der Waals surface area contributed by atoms with Crippen LogP contribution >= 0.6 is 0 Å². The number of anilines is 3. The monoisotopic (exact) mass is 1040 g/mol. The molecule has 3 aliphatic rings. The molecule has 23 heteroatoms. The zero-order chi connectivity index (χ0) is 52.4. The lowest BCUT2D eigenvalue weighted by atomic mass is 10.0. The van der Waals surface area contributed by atoms with Crippen molar-refractivity contribution in [3.63, 3.8) is 0 Å². The number of hydrogen-bond donors (Lipinski definition) is 3. The molecule has 0 aliphatic carbocycles. The molecule has 3 aliphatic heterocycles. The fraction of sp³-hybridized carbons (Fsp3) is 0.431. The van der Waals surface area contributed by atoms with Crippen molar-refractivity contribution in [2.45, 2.75) is 57.5 Å². The Morgan fingerprint density at radius 2 is 1.55 bits per heavy atom. The summed E-state index contributed by atoms with van der Waals surface area (Å²) in [4.78, 5) is 70.2. The number of halogens is 2. The molecule has 4 amide bonds. The predicted molar refractivity (Wildman–Crippen MR) is 271 cm³/mol. The molecule has 2 saturated heterocycles. The maximum atomic E-state index is 16.1. The summed E-state index contributed by atoms with van der Waals surface area (Å²) in [6, 6.07) is 9.71. The van der Waals surface area contributed by atoms with Crippen LogP contribution in [0.3, 0.4) is 0 Å². The summed E-state index contributed by atoms with van der Waals surface area (Å²) in [6.45, 7) is 9.55. The van der Waals surface area contributed by atoms with Crippen molar-refractivity contribution in [1.29, 1.82) is 0 Å². The zero-order valence-corrected chi connectivity index (χ0v) is 42.1. The second kappa shape index (κ2) is 24.4. The van der Waals surface area contributed by atoms with Gasteiger partial charge in [0.25, 0.3) is 11.8 Å². The van der Waals surface area contributed by atoms with Gasteiger partial charge < -0.3 is 43.9 Å². The molecule has 1 atom stereocenters. The zero-order valence-electron chi connectivity index (χ0n) is 41.3. The van der Waals surface area contributed by atoms with Crippen LogP contribution in [0.2, 0.25) is 0 Å². The number of imide groups is 1. The highest BCUT2D eigenvalue weighted by Crippen LogP contribution is 2.37. The summed E-state index contributed by atoms with van der Waals surface area (Å²) in [7, 11) is -1.95. The number of pyridine rings is 1. The number of carbonyl (C=O) groups excluding carboxylic acids is 4. The summed E-state index contributed by atoms with van der Waals surface area (Å²) in [5.41, 5.74) is 2.60. The number of nitrogens with zero attached hydrogens (tertiary/aromatic N) is 7. The van der Waals surface area contributed by atoms with Crippen LogP contribution in [0.5, 0.6) is 0 Å². The van der Waals surface area contributed by atoms with Gasteiger partial charge >= 0.3 is 0 Å². The molecule has 0 radical (unpaired) electrons. The number of benzene rings is 2. The van der Waals surface area contributed by atoms with Crippen molar-refractivity contribution in [2.24, 2.45) is 0 Å². The quantitative estimate of drug-likeness (QED) is 0.0498. The lowest BCUT2D eigenvalue weighted by Crippen LogP contribution is -2.51. The number of carbonyl (C=O) groups is 4. The molecule has 0 bridgehead atoms.